The predicted octanol–water partition coefficient (Wildman–Crippen LogP) is 4.00. The van der Waals surface area contributed by atoms with Crippen LogP contribution in [0.2, 0.25) is 0 Å². The highest BCUT2D eigenvalue weighted by Crippen LogP contribution is 2.22. The van der Waals surface area contributed by atoms with E-state index in [1.165, 1.54) is 12.1 Å². The van der Waals surface area contributed by atoms with E-state index in [0.29, 0.717) is 6.42 Å². The Kier molecular flexibility index (Phi) is 3.98. The highest BCUT2D eigenvalue weighted by atomic mass is 19.1. The first-order chi connectivity index (χ1) is 8.79. The Morgan fingerprint density at radius 1 is 1.06 bits per heavy atom. The van der Waals surface area contributed by atoms with Gasteiger partial charge in [0, 0.05) is 12.1 Å². The van der Waals surface area contributed by atoms with E-state index in [0.717, 1.165) is 11.3 Å². The summed E-state index contributed by atoms with van der Waals surface area (Å²) in [6, 6.07) is 16.3. The zero-order chi connectivity index (χ0) is 12.8. The average Bonchev–Trinajstić information content (AvgIpc) is 2.42. The SMILES string of the molecule is C#CCC(Nc1ccc(F)cc1)c1ccccc1. The van der Waals surface area contributed by atoms with E-state index in [4.69, 9.17) is 6.42 Å². The molecule has 2 heteroatoms. The van der Waals surface area contributed by atoms with Gasteiger partial charge in [-0.05, 0) is 29.8 Å². The molecule has 0 fully saturated rings. The Balaban J connectivity index is 2.17. The number of halogens is 1. The van der Waals surface area contributed by atoms with Crippen molar-refractivity contribution >= 4 is 5.69 Å². The highest BCUT2D eigenvalue weighted by Gasteiger charge is 2.09. The zero-order valence-electron chi connectivity index (χ0n) is 9.94. The van der Waals surface area contributed by atoms with Crippen LogP contribution in [0.5, 0.6) is 0 Å². The quantitative estimate of drug-likeness (QED) is 0.795. The van der Waals surface area contributed by atoms with Crippen molar-refractivity contribution in [1.29, 1.82) is 0 Å². The fourth-order valence-corrected chi connectivity index (χ4v) is 1.80. The van der Waals surface area contributed by atoms with Crippen molar-refractivity contribution < 1.29 is 4.39 Å². The molecule has 18 heavy (non-hydrogen) atoms. The van der Waals surface area contributed by atoms with Crippen LogP contribution in [0.3, 0.4) is 0 Å². The van der Waals surface area contributed by atoms with Crippen molar-refractivity contribution in [2.45, 2.75) is 12.5 Å². The van der Waals surface area contributed by atoms with Crippen LogP contribution in [0.1, 0.15) is 18.0 Å². The lowest BCUT2D eigenvalue weighted by atomic mass is 10.0. The molecule has 90 valence electrons. The van der Waals surface area contributed by atoms with Crippen LogP contribution < -0.4 is 5.32 Å². The second-order valence-electron chi connectivity index (χ2n) is 4.02. The van der Waals surface area contributed by atoms with Gasteiger partial charge in [-0.15, -0.1) is 12.3 Å². The first-order valence-corrected chi connectivity index (χ1v) is 5.80. The molecular weight excluding hydrogens is 225 g/mol. The van der Waals surface area contributed by atoms with Crippen LogP contribution in [0.4, 0.5) is 10.1 Å². The summed E-state index contributed by atoms with van der Waals surface area (Å²) in [6.07, 6.45) is 5.98. The Bertz CT molecular complexity index is 525. The van der Waals surface area contributed by atoms with Crippen LogP contribution in [0.25, 0.3) is 0 Å². The van der Waals surface area contributed by atoms with Crippen LogP contribution in [-0.2, 0) is 0 Å². The van der Waals surface area contributed by atoms with E-state index >= 15 is 0 Å². The van der Waals surface area contributed by atoms with E-state index in [1.807, 2.05) is 30.3 Å². The number of benzene rings is 2. The van der Waals surface area contributed by atoms with Gasteiger partial charge in [-0.25, -0.2) is 4.39 Å². The van der Waals surface area contributed by atoms with Gasteiger partial charge in [-0.3, -0.25) is 0 Å². The largest absolute Gasteiger partial charge is 0.377 e. The predicted molar refractivity (Wildman–Crippen MR) is 72.7 cm³/mol. The van der Waals surface area contributed by atoms with Crippen molar-refractivity contribution in [3.05, 3.63) is 66.0 Å². The summed E-state index contributed by atoms with van der Waals surface area (Å²) in [4.78, 5) is 0. The molecule has 0 aliphatic carbocycles. The minimum Gasteiger partial charge on any atom is -0.377 e. The Morgan fingerprint density at radius 2 is 1.72 bits per heavy atom. The minimum atomic E-state index is -0.242. The summed E-state index contributed by atoms with van der Waals surface area (Å²) in [5, 5.41) is 3.31. The van der Waals surface area contributed by atoms with Crippen molar-refractivity contribution in [2.75, 3.05) is 5.32 Å². The Labute approximate surface area is 107 Å². The molecule has 1 unspecified atom stereocenters. The van der Waals surface area contributed by atoms with E-state index in [-0.39, 0.29) is 11.9 Å². The molecule has 1 atom stereocenters. The second kappa shape index (κ2) is 5.88. The highest BCUT2D eigenvalue weighted by molar-refractivity contribution is 5.45. The number of anilines is 1. The lowest BCUT2D eigenvalue weighted by Crippen LogP contribution is -2.09. The molecule has 0 saturated carbocycles. The second-order valence-corrected chi connectivity index (χ2v) is 4.02. The molecule has 0 aromatic heterocycles. The maximum absolute atomic E-state index is 12.8. The molecule has 2 aromatic carbocycles. The van der Waals surface area contributed by atoms with Gasteiger partial charge in [0.05, 0.1) is 6.04 Å². The van der Waals surface area contributed by atoms with Gasteiger partial charge in [-0.2, -0.15) is 0 Å². The molecule has 0 saturated heterocycles. The maximum Gasteiger partial charge on any atom is 0.123 e. The van der Waals surface area contributed by atoms with Crippen LogP contribution in [0, 0.1) is 18.2 Å². The van der Waals surface area contributed by atoms with Crippen molar-refractivity contribution in [1.82, 2.24) is 0 Å². The van der Waals surface area contributed by atoms with Crippen LogP contribution >= 0.6 is 0 Å². The normalized spacial score (nSPS) is 11.6. The fourth-order valence-electron chi connectivity index (χ4n) is 1.80. The molecule has 0 amide bonds. The third-order valence-corrected chi connectivity index (χ3v) is 2.71. The summed E-state index contributed by atoms with van der Waals surface area (Å²) >= 11 is 0. The van der Waals surface area contributed by atoms with Gasteiger partial charge in [0.15, 0.2) is 0 Å². The maximum atomic E-state index is 12.8. The summed E-state index contributed by atoms with van der Waals surface area (Å²) in [6.45, 7) is 0. The van der Waals surface area contributed by atoms with Crippen LogP contribution in [-0.4, -0.2) is 0 Å². The van der Waals surface area contributed by atoms with Crippen LogP contribution in [0.15, 0.2) is 54.6 Å². The van der Waals surface area contributed by atoms with Crippen molar-refractivity contribution in [3.63, 3.8) is 0 Å². The Hall–Kier alpha value is -2.27. The van der Waals surface area contributed by atoms with Crippen molar-refractivity contribution in [2.24, 2.45) is 0 Å². The summed E-state index contributed by atoms with van der Waals surface area (Å²) < 4.78 is 12.8. The zero-order valence-corrected chi connectivity index (χ0v) is 9.94. The molecule has 2 aromatic rings. The first kappa shape index (κ1) is 12.2. The lowest BCUT2D eigenvalue weighted by molar-refractivity contribution is 0.628. The topological polar surface area (TPSA) is 12.0 Å². The molecule has 0 bridgehead atoms. The van der Waals surface area contributed by atoms with Gasteiger partial charge >= 0.3 is 0 Å². The van der Waals surface area contributed by atoms with Gasteiger partial charge < -0.3 is 5.32 Å². The molecule has 2 rings (SSSR count). The van der Waals surface area contributed by atoms with E-state index in [2.05, 4.69) is 11.2 Å². The number of hydrogen-bond donors (Lipinski definition) is 1. The number of nitrogens with one attached hydrogen (secondary N) is 1. The molecule has 1 N–H and O–H groups in total. The van der Waals surface area contributed by atoms with E-state index in [9.17, 15) is 4.39 Å². The third kappa shape index (κ3) is 3.11. The monoisotopic (exact) mass is 239 g/mol. The molecule has 0 aliphatic heterocycles. The van der Waals surface area contributed by atoms with E-state index < -0.39 is 0 Å². The molecule has 1 nitrogen and oxygen atoms in total. The fraction of sp³-hybridized carbons (Fsp3) is 0.125. The molecule has 0 heterocycles. The minimum absolute atomic E-state index is 0.0432. The lowest BCUT2D eigenvalue weighted by Gasteiger charge is -2.18. The average molecular weight is 239 g/mol. The number of hydrogen-bond acceptors (Lipinski definition) is 1. The molecule has 0 radical (unpaired) electrons. The van der Waals surface area contributed by atoms with Gasteiger partial charge in [-0.1, -0.05) is 30.3 Å². The van der Waals surface area contributed by atoms with E-state index in [1.54, 1.807) is 12.1 Å². The van der Waals surface area contributed by atoms with Crippen molar-refractivity contribution in [3.8, 4) is 12.3 Å². The standard InChI is InChI=1S/C16H14FN/c1-2-6-16(13-7-4-3-5-8-13)18-15-11-9-14(17)10-12-15/h1,3-5,7-12,16,18H,6H2. The smallest absolute Gasteiger partial charge is 0.123 e. The van der Waals surface area contributed by atoms with Gasteiger partial charge in [0.1, 0.15) is 5.82 Å². The summed E-state index contributed by atoms with van der Waals surface area (Å²) in [5.41, 5.74) is 1.99. The van der Waals surface area contributed by atoms with Gasteiger partial charge in [0.25, 0.3) is 0 Å². The molecular formula is C16H14FN. The molecule has 0 spiro atoms. The number of rotatable bonds is 4. The first-order valence-electron chi connectivity index (χ1n) is 5.80. The number of terminal acetylenes is 1. The summed E-state index contributed by atoms with van der Waals surface area (Å²) in [7, 11) is 0. The Morgan fingerprint density at radius 3 is 2.33 bits per heavy atom. The van der Waals surface area contributed by atoms with Gasteiger partial charge in [0.2, 0.25) is 0 Å². The molecule has 0 aliphatic rings. The summed E-state index contributed by atoms with van der Waals surface area (Å²) in [5.74, 6) is 2.42. The third-order valence-electron chi connectivity index (χ3n) is 2.71.